The van der Waals surface area contributed by atoms with Crippen LogP contribution in [0.15, 0.2) is 12.3 Å². The summed E-state index contributed by atoms with van der Waals surface area (Å²) in [5.41, 5.74) is 7.15. The molecule has 0 aromatic carbocycles. The van der Waals surface area contributed by atoms with Gasteiger partial charge >= 0.3 is 0 Å². The van der Waals surface area contributed by atoms with Crippen LogP contribution in [0.2, 0.25) is 0 Å². The Hall–Kier alpha value is -1.68. The highest BCUT2D eigenvalue weighted by Gasteiger charge is 2.21. The molecule has 2 aromatic rings. The van der Waals surface area contributed by atoms with E-state index in [1.165, 1.54) is 29.7 Å². The van der Waals surface area contributed by atoms with E-state index in [2.05, 4.69) is 41.8 Å². The molecule has 4 nitrogen and oxygen atoms in total. The molecule has 0 atom stereocenters. The Labute approximate surface area is 126 Å². The Morgan fingerprint density at radius 1 is 1.29 bits per heavy atom. The van der Waals surface area contributed by atoms with Crippen LogP contribution in [0.3, 0.4) is 0 Å². The third-order valence-corrected chi connectivity index (χ3v) is 4.28. The lowest BCUT2D eigenvalue weighted by Gasteiger charge is -2.13. The van der Waals surface area contributed by atoms with Crippen LogP contribution in [-0.4, -0.2) is 20.8 Å². The molecule has 0 amide bonds. The lowest BCUT2D eigenvalue weighted by molar-refractivity contribution is 0.676. The predicted molar refractivity (Wildman–Crippen MR) is 84.8 cm³/mol. The van der Waals surface area contributed by atoms with Crippen LogP contribution in [0, 0.1) is 20.8 Å². The predicted octanol–water partition coefficient (Wildman–Crippen LogP) is 3.01. The average molecular weight is 284 g/mol. The van der Waals surface area contributed by atoms with Crippen LogP contribution >= 0.6 is 0 Å². The van der Waals surface area contributed by atoms with Crippen molar-refractivity contribution in [1.29, 1.82) is 0 Å². The van der Waals surface area contributed by atoms with Crippen molar-refractivity contribution in [3.8, 4) is 5.69 Å². The molecule has 2 heterocycles. The number of nitrogens with one attached hydrogen (secondary N) is 1. The lowest BCUT2D eigenvalue weighted by Crippen LogP contribution is -2.18. The number of nitrogens with zero attached hydrogens (tertiary/aromatic N) is 3. The zero-order chi connectivity index (χ0) is 15.0. The Bertz CT molecular complexity index is 653. The SMILES string of the molecule is CCc1c(C)nn(-c2cc(C)ncc2CNC2CC2)c1C. The highest BCUT2D eigenvalue weighted by molar-refractivity contribution is 5.43. The maximum atomic E-state index is 4.76. The molecule has 2 aromatic heterocycles. The van der Waals surface area contributed by atoms with Gasteiger partial charge in [0.05, 0.1) is 11.4 Å². The van der Waals surface area contributed by atoms with E-state index >= 15 is 0 Å². The van der Waals surface area contributed by atoms with Crippen molar-refractivity contribution in [2.24, 2.45) is 0 Å². The van der Waals surface area contributed by atoms with E-state index < -0.39 is 0 Å². The maximum absolute atomic E-state index is 4.76. The van der Waals surface area contributed by atoms with Gasteiger partial charge in [0.15, 0.2) is 0 Å². The third-order valence-electron chi connectivity index (χ3n) is 4.28. The number of hydrogen-bond acceptors (Lipinski definition) is 3. The van der Waals surface area contributed by atoms with E-state index in [0.717, 1.165) is 30.0 Å². The fraction of sp³-hybridized carbons (Fsp3) is 0.529. The van der Waals surface area contributed by atoms with Gasteiger partial charge in [0.25, 0.3) is 0 Å². The molecule has 1 N–H and O–H groups in total. The van der Waals surface area contributed by atoms with Crippen molar-refractivity contribution in [1.82, 2.24) is 20.1 Å². The van der Waals surface area contributed by atoms with Gasteiger partial charge in [-0.15, -0.1) is 0 Å². The highest BCUT2D eigenvalue weighted by atomic mass is 15.3. The average Bonchev–Trinajstić information content (AvgIpc) is 3.23. The maximum Gasteiger partial charge on any atom is 0.0727 e. The number of pyridine rings is 1. The summed E-state index contributed by atoms with van der Waals surface area (Å²) in [6, 6.07) is 2.84. The Morgan fingerprint density at radius 2 is 2.05 bits per heavy atom. The van der Waals surface area contributed by atoms with E-state index in [4.69, 9.17) is 5.10 Å². The Balaban J connectivity index is 2.01. The van der Waals surface area contributed by atoms with Crippen LogP contribution in [0.5, 0.6) is 0 Å². The second kappa shape index (κ2) is 5.60. The van der Waals surface area contributed by atoms with E-state index in [1.807, 2.05) is 13.1 Å². The first-order valence-electron chi connectivity index (χ1n) is 7.84. The van der Waals surface area contributed by atoms with Gasteiger partial charge in [-0.3, -0.25) is 4.98 Å². The smallest absolute Gasteiger partial charge is 0.0727 e. The van der Waals surface area contributed by atoms with E-state index in [9.17, 15) is 0 Å². The van der Waals surface area contributed by atoms with Crippen LogP contribution < -0.4 is 5.32 Å². The Morgan fingerprint density at radius 3 is 2.67 bits per heavy atom. The highest BCUT2D eigenvalue weighted by Crippen LogP contribution is 2.23. The van der Waals surface area contributed by atoms with Gasteiger partial charge in [0.2, 0.25) is 0 Å². The van der Waals surface area contributed by atoms with Gasteiger partial charge in [-0.1, -0.05) is 6.92 Å². The number of aromatic nitrogens is 3. The van der Waals surface area contributed by atoms with Crippen molar-refractivity contribution in [3.63, 3.8) is 0 Å². The fourth-order valence-electron chi connectivity index (χ4n) is 2.87. The second-order valence-electron chi connectivity index (χ2n) is 6.02. The van der Waals surface area contributed by atoms with Crippen LogP contribution in [0.25, 0.3) is 5.69 Å². The largest absolute Gasteiger partial charge is 0.310 e. The van der Waals surface area contributed by atoms with E-state index in [1.54, 1.807) is 0 Å². The normalized spacial score (nSPS) is 14.7. The number of aryl methyl sites for hydroxylation is 2. The molecule has 0 radical (unpaired) electrons. The first-order chi connectivity index (χ1) is 10.1. The summed E-state index contributed by atoms with van der Waals surface area (Å²) in [5.74, 6) is 0. The molecule has 4 heteroatoms. The summed E-state index contributed by atoms with van der Waals surface area (Å²) in [4.78, 5) is 4.46. The molecule has 1 aliphatic carbocycles. The van der Waals surface area contributed by atoms with Crippen molar-refractivity contribution < 1.29 is 0 Å². The van der Waals surface area contributed by atoms with E-state index in [-0.39, 0.29) is 0 Å². The van der Waals surface area contributed by atoms with Gasteiger partial charge in [-0.2, -0.15) is 5.10 Å². The monoisotopic (exact) mass is 284 g/mol. The van der Waals surface area contributed by atoms with Crippen LogP contribution in [0.4, 0.5) is 0 Å². The van der Waals surface area contributed by atoms with Crippen molar-refractivity contribution in [2.45, 2.75) is 59.5 Å². The van der Waals surface area contributed by atoms with Crippen molar-refractivity contribution >= 4 is 0 Å². The van der Waals surface area contributed by atoms with Crippen LogP contribution in [0.1, 0.15) is 48.0 Å². The molecular formula is C17H24N4. The first kappa shape index (κ1) is 14.3. The van der Waals surface area contributed by atoms with Gasteiger partial charge < -0.3 is 5.32 Å². The lowest BCUT2D eigenvalue weighted by atomic mass is 10.1. The minimum atomic E-state index is 0.700. The van der Waals surface area contributed by atoms with Gasteiger partial charge in [-0.25, -0.2) is 4.68 Å². The molecule has 112 valence electrons. The fourth-order valence-corrected chi connectivity index (χ4v) is 2.87. The molecule has 1 fully saturated rings. The number of rotatable bonds is 5. The molecule has 0 bridgehead atoms. The quantitative estimate of drug-likeness (QED) is 0.918. The van der Waals surface area contributed by atoms with Gasteiger partial charge in [-0.05, 0) is 51.7 Å². The summed E-state index contributed by atoms with van der Waals surface area (Å²) < 4.78 is 2.09. The third kappa shape index (κ3) is 2.86. The first-order valence-corrected chi connectivity index (χ1v) is 7.84. The summed E-state index contributed by atoms with van der Waals surface area (Å²) in [6.07, 6.45) is 5.61. The van der Waals surface area contributed by atoms with Gasteiger partial charge in [0, 0.05) is 35.7 Å². The van der Waals surface area contributed by atoms with Crippen molar-refractivity contribution in [2.75, 3.05) is 0 Å². The van der Waals surface area contributed by atoms with Crippen molar-refractivity contribution in [3.05, 3.63) is 40.5 Å². The standard InChI is InChI=1S/C17H24N4/c1-5-16-12(3)20-21(13(16)4)17-8-11(2)18-9-14(17)10-19-15-6-7-15/h8-9,15,19H,5-7,10H2,1-4H3. The summed E-state index contributed by atoms with van der Waals surface area (Å²) >= 11 is 0. The molecule has 0 unspecified atom stereocenters. The molecule has 3 rings (SSSR count). The minimum Gasteiger partial charge on any atom is -0.310 e. The second-order valence-corrected chi connectivity index (χ2v) is 6.02. The van der Waals surface area contributed by atoms with Crippen LogP contribution in [-0.2, 0) is 13.0 Å². The molecule has 1 saturated carbocycles. The molecular weight excluding hydrogens is 260 g/mol. The topological polar surface area (TPSA) is 42.7 Å². The zero-order valence-corrected chi connectivity index (χ0v) is 13.4. The molecule has 1 aliphatic rings. The summed E-state index contributed by atoms with van der Waals surface area (Å²) in [5, 5.41) is 8.33. The summed E-state index contributed by atoms with van der Waals surface area (Å²) in [7, 11) is 0. The molecule has 0 saturated heterocycles. The minimum absolute atomic E-state index is 0.700. The summed E-state index contributed by atoms with van der Waals surface area (Å²) in [6.45, 7) is 9.35. The molecule has 0 aliphatic heterocycles. The molecule has 0 spiro atoms. The van der Waals surface area contributed by atoms with E-state index in [0.29, 0.717) is 6.04 Å². The number of hydrogen-bond donors (Lipinski definition) is 1. The molecule has 21 heavy (non-hydrogen) atoms. The Kier molecular flexibility index (Phi) is 3.81. The van der Waals surface area contributed by atoms with Gasteiger partial charge in [0.1, 0.15) is 0 Å². The zero-order valence-electron chi connectivity index (χ0n) is 13.4.